The molecule has 6 nitrogen and oxygen atoms in total. The van der Waals surface area contributed by atoms with Crippen molar-refractivity contribution < 1.29 is 13.2 Å². The van der Waals surface area contributed by atoms with Gasteiger partial charge in [-0.3, -0.25) is 4.98 Å². The molecule has 0 bridgehead atoms. The van der Waals surface area contributed by atoms with Gasteiger partial charge in [-0.1, -0.05) is 35.9 Å². The van der Waals surface area contributed by atoms with Crippen molar-refractivity contribution in [3.05, 3.63) is 84.6 Å². The number of benzene rings is 3. The summed E-state index contributed by atoms with van der Waals surface area (Å²) in [4.78, 5) is 9.51. The highest BCUT2D eigenvalue weighted by atomic mass is 32.2. The maximum Gasteiger partial charge on any atom is 0.210 e. The molecular weight excluding hydrogens is 446 g/mol. The van der Waals surface area contributed by atoms with E-state index in [1.807, 2.05) is 55.5 Å². The molecule has 0 unspecified atom stereocenters. The van der Waals surface area contributed by atoms with Crippen molar-refractivity contribution in [2.24, 2.45) is 0 Å². The maximum absolute atomic E-state index is 13.8. The molecule has 1 fully saturated rings. The second-order valence-electron chi connectivity index (χ2n) is 8.48. The average Bonchev–Trinajstić information content (AvgIpc) is 2.88. The molecule has 1 aromatic heterocycles. The number of nitrogens with zero attached hydrogens (tertiary/aromatic N) is 3. The molecule has 0 atom stereocenters. The summed E-state index contributed by atoms with van der Waals surface area (Å²) >= 11 is 0. The van der Waals surface area contributed by atoms with Gasteiger partial charge < -0.3 is 14.5 Å². The van der Waals surface area contributed by atoms with Crippen LogP contribution in [0.25, 0.3) is 10.9 Å². The van der Waals surface area contributed by atoms with Crippen molar-refractivity contribution in [1.82, 2.24) is 4.98 Å². The molecule has 1 aliphatic heterocycles. The van der Waals surface area contributed by atoms with Crippen molar-refractivity contribution in [1.29, 1.82) is 0 Å². The maximum atomic E-state index is 13.8. The topological polar surface area (TPSA) is 62.7 Å². The van der Waals surface area contributed by atoms with Crippen LogP contribution in [0, 0.1) is 6.92 Å². The Labute approximate surface area is 200 Å². The molecule has 1 aliphatic rings. The summed E-state index contributed by atoms with van der Waals surface area (Å²) in [6.45, 7) is 4.92. The van der Waals surface area contributed by atoms with Crippen LogP contribution in [-0.4, -0.2) is 46.7 Å². The summed E-state index contributed by atoms with van der Waals surface area (Å²) in [6, 6.07) is 22.9. The molecule has 3 aromatic carbocycles. The lowest BCUT2D eigenvalue weighted by molar-refractivity contribution is 0.415. The van der Waals surface area contributed by atoms with E-state index in [4.69, 9.17) is 4.74 Å². The molecule has 4 aromatic rings. The van der Waals surface area contributed by atoms with E-state index in [1.54, 1.807) is 19.2 Å². The van der Waals surface area contributed by atoms with E-state index in [0.717, 1.165) is 29.6 Å². The van der Waals surface area contributed by atoms with Crippen LogP contribution in [0.2, 0.25) is 0 Å². The lowest BCUT2D eigenvalue weighted by Gasteiger charge is -2.38. The molecule has 0 saturated carbocycles. The first-order chi connectivity index (χ1) is 16.5. The third-order valence-electron chi connectivity index (χ3n) is 6.35. The van der Waals surface area contributed by atoms with E-state index >= 15 is 0 Å². The Balaban J connectivity index is 1.61. The summed E-state index contributed by atoms with van der Waals surface area (Å²) in [6.07, 6.45) is 1.50. The lowest BCUT2D eigenvalue weighted by atomic mass is 10.1. The number of sulfone groups is 1. The summed E-state index contributed by atoms with van der Waals surface area (Å²) < 4.78 is 33.0. The van der Waals surface area contributed by atoms with Crippen molar-refractivity contribution >= 4 is 32.1 Å². The van der Waals surface area contributed by atoms with Crippen LogP contribution in [0.15, 0.2) is 88.8 Å². The molecule has 0 N–H and O–H groups in total. The molecule has 1 saturated heterocycles. The van der Waals surface area contributed by atoms with Gasteiger partial charge in [0.05, 0.1) is 23.2 Å². The quantitative estimate of drug-likeness (QED) is 0.418. The smallest absolute Gasteiger partial charge is 0.210 e. The van der Waals surface area contributed by atoms with E-state index in [1.165, 1.54) is 11.9 Å². The molecule has 2 heterocycles. The zero-order valence-electron chi connectivity index (χ0n) is 19.3. The molecule has 5 rings (SSSR count). The second-order valence-corrected chi connectivity index (χ2v) is 10.4. The zero-order valence-corrected chi connectivity index (χ0v) is 20.1. The average molecular weight is 474 g/mol. The van der Waals surface area contributed by atoms with Gasteiger partial charge in [0.1, 0.15) is 10.6 Å². The third kappa shape index (κ3) is 4.07. The molecule has 7 heteroatoms. The fourth-order valence-electron chi connectivity index (χ4n) is 4.46. The number of pyridine rings is 1. The van der Waals surface area contributed by atoms with Crippen LogP contribution in [-0.2, 0) is 9.84 Å². The van der Waals surface area contributed by atoms with Gasteiger partial charge in [-0.05, 0) is 49.4 Å². The number of hydrogen-bond acceptors (Lipinski definition) is 6. The highest BCUT2D eigenvalue weighted by molar-refractivity contribution is 7.91. The van der Waals surface area contributed by atoms with E-state index in [-0.39, 0.29) is 9.79 Å². The lowest BCUT2D eigenvalue weighted by Crippen LogP contribution is -2.47. The monoisotopic (exact) mass is 473 g/mol. The standard InChI is InChI=1S/C27H27N3O3S/c1-20-8-11-23(12-9-20)34(31,32)26-19-28-25-13-10-22(33-2)18-24(25)27(26)30-16-14-29(15-17-30)21-6-4-3-5-7-21/h3-13,18-19H,14-17H2,1-2H3. The number of piperazine rings is 1. The van der Waals surface area contributed by atoms with Crippen molar-refractivity contribution in [3.63, 3.8) is 0 Å². The number of aromatic nitrogens is 1. The molecule has 174 valence electrons. The molecule has 0 amide bonds. The molecular formula is C27H27N3O3S. The molecule has 0 spiro atoms. The Kier molecular flexibility index (Phi) is 5.87. The van der Waals surface area contributed by atoms with Gasteiger partial charge in [-0.2, -0.15) is 0 Å². The van der Waals surface area contributed by atoms with Crippen molar-refractivity contribution in [2.45, 2.75) is 16.7 Å². The Hall–Kier alpha value is -3.58. The fourth-order valence-corrected chi connectivity index (χ4v) is 5.89. The second kappa shape index (κ2) is 8.99. The van der Waals surface area contributed by atoms with Crippen molar-refractivity contribution in [3.8, 4) is 5.75 Å². The number of hydrogen-bond donors (Lipinski definition) is 0. The van der Waals surface area contributed by atoms with E-state index in [2.05, 4.69) is 26.9 Å². The van der Waals surface area contributed by atoms with Gasteiger partial charge in [0, 0.05) is 43.4 Å². The highest BCUT2D eigenvalue weighted by Crippen LogP contribution is 2.38. The van der Waals surface area contributed by atoms with Gasteiger partial charge in [0.15, 0.2) is 0 Å². The van der Waals surface area contributed by atoms with E-state index in [9.17, 15) is 8.42 Å². The van der Waals surface area contributed by atoms with Crippen LogP contribution < -0.4 is 14.5 Å². The Morgan fingerprint density at radius 3 is 2.21 bits per heavy atom. The van der Waals surface area contributed by atoms with Crippen LogP contribution in [0.5, 0.6) is 5.75 Å². The number of anilines is 2. The van der Waals surface area contributed by atoms with Gasteiger partial charge >= 0.3 is 0 Å². The van der Waals surface area contributed by atoms with Crippen molar-refractivity contribution in [2.75, 3.05) is 43.1 Å². The number of para-hydroxylation sites is 1. The summed E-state index contributed by atoms with van der Waals surface area (Å²) in [5, 5.41) is 0.778. The SMILES string of the molecule is COc1ccc2ncc(S(=O)(=O)c3ccc(C)cc3)c(N3CCN(c4ccccc4)CC3)c2c1. The van der Waals surface area contributed by atoms with Crippen LogP contribution in [0.1, 0.15) is 5.56 Å². The summed E-state index contributed by atoms with van der Waals surface area (Å²) in [5.41, 5.74) is 3.62. The van der Waals surface area contributed by atoms with Gasteiger partial charge in [0.25, 0.3) is 0 Å². The number of methoxy groups -OCH3 is 1. The van der Waals surface area contributed by atoms with E-state index in [0.29, 0.717) is 24.5 Å². The highest BCUT2D eigenvalue weighted by Gasteiger charge is 2.29. The first-order valence-corrected chi connectivity index (χ1v) is 12.8. The largest absolute Gasteiger partial charge is 0.497 e. The molecule has 0 radical (unpaired) electrons. The minimum atomic E-state index is -3.77. The number of rotatable bonds is 5. The number of ether oxygens (including phenoxy) is 1. The Morgan fingerprint density at radius 1 is 0.853 bits per heavy atom. The van der Waals surface area contributed by atoms with E-state index < -0.39 is 9.84 Å². The predicted molar refractivity (Wildman–Crippen MR) is 136 cm³/mol. The first-order valence-electron chi connectivity index (χ1n) is 11.3. The van der Waals surface area contributed by atoms with Crippen LogP contribution in [0.3, 0.4) is 0 Å². The normalized spacial score (nSPS) is 14.4. The Bertz CT molecular complexity index is 1410. The fraction of sp³-hybridized carbons (Fsp3) is 0.222. The zero-order chi connectivity index (χ0) is 23.7. The van der Waals surface area contributed by atoms with Gasteiger partial charge in [-0.15, -0.1) is 0 Å². The third-order valence-corrected chi connectivity index (χ3v) is 8.12. The van der Waals surface area contributed by atoms with Crippen LogP contribution >= 0.6 is 0 Å². The first kappa shape index (κ1) is 22.2. The number of fused-ring (bicyclic) bond motifs is 1. The predicted octanol–water partition coefficient (Wildman–Crippen LogP) is 4.71. The van der Waals surface area contributed by atoms with Gasteiger partial charge in [-0.25, -0.2) is 8.42 Å². The minimum absolute atomic E-state index is 0.227. The summed E-state index contributed by atoms with van der Waals surface area (Å²) in [7, 11) is -2.16. The molecule has 34 heavy (non-hydrogen) atoms. The summed E-state index contributed by atoms with van der Waals surface area (Å²) in [5.74, 6) is 0.670. The Morgan fingerprint density at radius 2 is 1.53 bits per heavy atom. The molecule has 0 aliphatic carbocycles. The van der Waals surface area contributed by atoms with Gasteiger partial charge in [0.2, 0.25) is 9.84 Å². The van der Waals surface area contributed by atoms with Crippen LogP contribution in [0.4, 0.5) is 11.4 Å². The minimum Gasteiger partial charge on any atom is -0.497 e. The number of aryl methyl sites for hydroxylation is 1.